The van der Waals surface area contributed by atoms with Gasteiger partial charge < -0.3 is 134 Å². The van der Waals surface area contributed by atoms with E-state index < -0.39 is 216 Å². The number of thioether (sulfide) groups is 1. The Morgan fingerprint density at radius 3 is 1.28 bits per heavy atom. The highest BCUT2D eigenvalue weighted by Crippen LogP contribution is 2.25. The fraction of sp³-hybridized carbons (Fsp3) is 0.683. The number of rotatable bonds is 56. The number of nitrogens with one attached hydrogen (secondary N) is 12. The second-order valence-electron chi connectivity index (χ2n) is 33.4. The van der Waals surface area contributed by atoms with E-state index in [-0.39, 0.29) is 171 Å². The minimum absolute atomic E-state index is 0.00236. The van der Waals surface area contributed by atoms with Gasteiger partial charge in [0.25, 0.3) is 0 Å². The van der Waals surface area contributed by atoms with Gasteiger partial charge >= 0.3 is 5.97 Å². The van der Waals surface area contributed by atoms with E-state index >= 15 is 0 Å². The lowest BCUT2D eigenvalue weighted by Gasteiger charge is -2.33. The van der Waals surface area contributed by atoms with E-state index in [1.807, 2.05) is 0 Å². The summed E-state index contributed by atoms with van der Waals surface area (Å²) in [5.74, 6) is -18.1. The Kier molecular flexibility index (Phi) is 47.0. The quantitative estimate of drug-likeness (QED) is 0.0164. The van der Waals surface area contributed by atoms with Gasteiger partial charge in [0.1, 0.15) is 90.6 Å². The molecule has 1 aromatic rings. The molecule has 45 nitrogen and oxygen atoms in total. The first-order valence-electron chi connectivity index (χ1n) is 43.4. The van der Waals surface area contributed by atoms with Gasteiger partial charge in [0.2, 0.25) is 100 Å². The summed E-state index contributed by atoms with van der Waals surface area (Å²) in [7, 11) is 0. The van der Waals surface area contributed by atoms with Gasteiger partial charge in [-0.25, -0.2) is 0 Å². The second-order valence-corrected chi connectivity index (χ2v) is 34.4. The number of benzene rings is 1. The standard InChI is InChI=1S/C82H136N24O21S/c1-43(2)38-55(98-68(115)51(24-16-33-91-82(88)89)93-70(117)53(30-37-128-9)96-76(123)61-27-19-36-106(61)80(127)64(45(5)6)102-78(125)65(46(7)108)103-71(118)52(28-29-62(84)110)95-75(122)59-25-17-34-104(59)47(8)109)72(119)94-50(23-15-32-90-81(86)87)67(114)92-49(22-13-14-31-83)69(116)100-57(39-44(3)4)79(126)105-35-18-26-60(105)77(124)99-56(41-63(111)112)73(120)101-58(42-107)74(121)97-54(66(85)113)40-48-20-11-10-12-21-48/h10-12,20-21,43-46,49-61,64-65,107-108H,13-19,22-42,83H2,1-9H3,(H2,84,110)(H2,85,113)(H,92,114)(H,93,117)(H,94,119)(H,95,122)(H,96,123)(H,97,121)(H,98,115)(H,99,124)(H,100,116)(H,101,120)(H,102,125)(H,103,118)(H,111,112)(H4,86,87,90)(H4,88,89,91)/t46-,49+,50+,51+,52+,53+,54+,55+,56+,57+,58+,59+,60+,61+,64+,65+/m1/s1. The molecule has 4 rings (SSSR count). The first-order chi connectivity index (χ1) is 60.4. The normalized spacial score (nSPS) is 17.9. The monoisotopic (exact) mass is 1830 g/mol. The van der Waals surface area contributed by atoms with Crippen LogP contribution in [0.3, 0.4) is 0 Å². The number of carboxylic acid groups (broad SMARTS) is 1. The molecule has 0 aliphatic carbocycles. The third-order valence-corrected chi connectivity index (χ3v) is 22.3. The fourth-order valence-electron chi connectivity index (χ4n) is 14.9. The Hall–Kier alpha value is -11.6. The molecule has 29 N–H and O–H groups in total. The van der Waals surface area contributed by atoms with E-state index in [4.69, 9.17) is 40.1 Å². The number of aliphatic hydroxyl groups excluding tert-OH is 2. The van der Waals surface area contributed by atoms with Crippen molar-refractivity contribution in [2.24, 2.45) is 67.9 Å². The van der Waals surface area contributed by atoms with Gasteiger partial charge in [0, 0.05) is 52.5 Å². The van der Waals surface area contributed by atoms with E-state index in [1.165, 1.54) is 35.4 Å². The predicted molar refractivity (Wildman–Crippen MR) is 471 cm³/mol. The van der Waals surface area contributed by atoms with E-state index in [0.29, 0.717) is 31.4 Å². The van der Waals surface area contributed by atoms with Crippen LogP contribution in [0.5, 0.6) is 0 Å². The number of hydrogen-bond acceptors (Lipinski definition) is 24. The number of aliphatic carboxylic acids is 1. The van der Waals surface area contributed by atoms with Crippen LogP contribution in [0.25, 0.3) is 0 Å². The molecule has 0 radical (unpaired) electrons. The number of carbonyl (C=O) groups excluding carboxylic acids is 17. The summed E-state index contributed by atoms with van der Waals surface area (Å²) in [5.41, 5.74) is 40.1. The van der Waals surface area contributed by atoms with Gasteiger partial charge in [0.05, 0.1) is 19.1 Å². The minimum Gasteiger partial charge on any atom is -0.481 e. The van der Waals surface area contributed by atoms with Gasteiger partial charge in [-0.15, -0.1) is 0 Å². The molecule has 0 saturated carbocycles. The minimum atomic E-state index is -1.89. The maximum absolute atomic E-state index is 14.9. The van der Waals surface area contributed by atoms with Gasteiger partial charge in [-0.1, -0.05) is 71.9 Å². The molecule has 0 spiro atoms. The SMILES string of the molecule is CSCC[C@H](NC(=O)[C@@H]1CCCN1C(=O)[C@@H](NC(=O)[C@@H](NC(=O)[C@H](CCC(N)=O)NC(=O)[C@@H]1CCCN1C(C)=O)[C@@H](C)O)C(C)C)C(=O)N[C@@H](CCCN=C(N)N)C(=O)N[C@@H](CC(C)C)C(=O)N[C@@H](CCCN=C(N)N)C(=O)N[C@@H](CCCCN)C(=O)N[C@@H](CC(C)C)C(=O)N1CCC[C@H]1C(=O)N[C@@H](CC(=O)O)C(=O)N[C@@H](CO)C(=O)N[C@@H](Cc1ccccc1)C(N)=O. The molecule has 46 heteroatoms. The van der Waals surface area contributed by atoms with Crippen LogP contribution < -0.4 is 104 Å². The van der Waals surface area contributed by atoms with Gasteiger partial charge in [-0.3, -0.25) is 96.3 Å². The topological polar surface area (TPSA) is 729 Å². The third kappa shape index (κ3) is 36.7. The molecule has 3 heterocycles. The zero-order valence-electron chi connectivity index (χ0n) is 74.5. The Labute approximate surface area is 749 Å². The molecule has 0 unspecified atom stereocenters. The van der Waals surface area contributed by atoms with Crippen molar-refractivity contribution in [3.05, 3.63) is 35.9 Å². The molecule has 16 atom stereocenters. The molecule has 3 fully saturated rings. The lowest BCUT2D eigenvalue weighted by molar-refractivity contribution is -0.144. The van der Waals surface area contributed by atoms with Gasteiger partial charge in [-0.2, -0.15) is 11.8 Å². The van der Waals surface area contributed by atoms with E-state index in [1.54, 1.807) is 78.1 Å². The number of hydrogen-bond donors (Lipinski definition) is 22. The number of carbonyl (C=O) groups is 18. The molecule has 128 heavy (non-hydrogen) atoms. The maximum atomic E-state index is 14.9. The number of amides is 17. The van der Waals surface area contributed by atoms with Crippen molar-refractivity contribution in [1.82, 2.24) is 78.5 Å². The zero-order valence-corrected chi connectivity index (χ0v) is 75.3. The van der Waals surface area contributed by atoms with E-state index in [9.17, 15) is 102 Å². The summed E-state index contributed by atoms with van der Waals surface area (Å²) in [5, 5.41) is 62.0. The van der Waals surface area contributed by atoms with Crippen LogP contribution >= 0.6 is 11.8 Å². The van der Waals surface area contributed by atoms with Gasteiger partial charge in [-0.05, 0) is 158 Å². The van der Waals surface area contributed by atoms with Crippen molar-refractivity contribution in [3.8, 4) is 0 Å². The highest BCUT2D eigenvalue weighted by Gasteiger charge is 2.45. The number of aliphatic imine (C=N–C) groups is 2. The summed E-state index contributed by atoms with van der Waals surface area (Å²) in [4.78, 5) is 262. The number of aliphatic hydroxyl groups is 2. The van der Waals surface area contributed by atoms with Crippen molar-refractivity contribution < 1.29 is 102 Å². The average molecular weight is 1830 g/mol. The highest BCUT2D eigenvalue weighted by molar-refractivity contribution is 7.98. The Bertz CT molecular complexity index is 4020. The Morgan fingerprint density at radius 1 is 0.453 bits per heavy atom. The number of nitrogens with zero attached hydrogens (tertiary/aromatic N) is 5. The van der Waals surface area contributed by atoms with Crippen LogP contribution in [0, 0.1) is 17.8 Å². The van der Waals surface area contributed by atoms with E-state index in [0.717, 1.165) is 4.90 Å². The van der Waals surface area contributed by atoms with Crippen molar-refractivity contribution >= 4 is 130 Å². The van der Waals surface area contributed by atoms with Crippen LogP contribution in [0.15, 0.2) is 40.3 Å². The number of guanidine groups is 2. The fourth-order valence-corrected chi connectivity index (χ4v) is 15.4. The molecule has 0 bridgehead atoms. The van der Waals surface area contributed by atoms with Crippen LogP contribution in [-0.4, -0.2) is 303 Å². The number of unbranched alkanes of at least 4 members (excludes halogenated alkanes) is 1. The summed E-state index contributed by atoms with van der Waals surface area (Å²) < 4.78 is 0. The first-order valence-corrected chi connectivity index (χ1v) is 44.8. The number of nitrogens with two attached hydrogens (primary N) is 7. The zero-order chi connectivity index (χ0) is 95.8. The molecule has 716 valence electrons. The van der Waals surface area contributed by atoms with Crippen molar-refractivity contribution in [3.63, 3.8) is 0 Å². The van der Waals surface area contributed by atoms with Crippen molar-refractivity contribution in [2.45, 2.75) is 281 Å². The smallest absolute Gasteiger partial charge is 0.305 e. The maximum Gasteiger partial charge on any atom is 0.305 e. The van der Waals surface area contributed by atoms with Gasteiger partial charge in [0.15, 0.2) is 11.9 Å². The molecular formula is C82H136N24O21S. The molecule has 3 aliphatic rings. The summed E-state index contributed by atoms with van der Waals surface area (Å²) >= 11 is 1.32. The van der Waals surface area contributed by atoms with Crippen LogP contribution in [0.2, 0.25) is 0 Å². The third-order valence-electron chi connectivity index (χ3n) is 21.7. The average Bonchev–Trinajstić information content (AvgIpc) is 1.63. The number of primary amides is 2. The summed E-state index contributed by atoms with van der Waals surface area (Å²) in [6.45, 7) is 12.0. The molecule has 3 saturated heterocycles. The second kappa shape index (κ2) is 55.2. The number of carboxylic acids is 1. The largest absolute Gasteiger partial charge is 0.481 e. The predicted octanol–water partition coefficient (Wildman–Crippen LogP) is -6.62. The Balaban J connectivity index is 1.59. The highest BCUT2D eigenvalue weighted by atomic mass is 32.2. The molecule has 1 aromatic carbocycles. The molecular weight excluding hydrogens is 1690 g/mol. The Morgan fingerprint density at radius 2 is 0.844 bits per heavy atom. The van der Waals surface area contributed by atoms with Crippen molar-refractivity contribution in [1.29, 1.82) is 0 Å². The lowest BCUT2D eigenvalue weighted by atomic mass is 10.00. The lowest BCUT2D eigenvalue weighted by Crippen LogP contribution is -2.62. The van der Waals surface area contributed by atoms with Crippen LogP contribution in [0.1, 0.15) is 183 Å². The van der Waals surface area contributed by atoms with Crippen molar-refractivity contribution in [2.75, 3.05) is 57.9 Å². The van der Waals surface area contributed by atoms with E-state index in [2.05, 4.69) is 73.8 Å². The molecule has 3 aliphatic heterocycles. The first kappa shape index (κ1) is 109. The van der Waals surface area contributed by atoms with Crippen LogP contribution in [-0.2, 0) is 92.7 Å². The summed E-state index contributed by atoms with van der Waals surface area (Å²) in [6.07, 6.45) is -0.111. The molecule has 17 amide bonds. The summed E-state index contributed by atoms with van der Waals surface area (Å²) in [6, 6.07) is -13.3. The number of likely N-dealkylation sites (tertiary alicyclic amines) is 3. The van der Waals surface area contributed by atoms with Crippen LogP contribution in [0.4, 0.5) is 0 Å². The molecule has 0 aromatic heterocycles.